The van der Waals surface area contributed by atoms with Crippen LogP contribution in [0.25, 0.3) is 17.2 Å². The SMILES string of the molecule is CCCCCCCNC(=S)N(C)c1cccc(-c2ccc(C=C(C)C(=O)O)cc2)c1. The van der Waals surface area contributed by atoms with Crippen LogP contribution in [0.4, 0.5) is 5.69 Å². The van der Waals surface area contributed by atoms with Crippen molar-refractivity contribution in [3.63, 3.8) is 0 Å². The van der Waals surface area contributed by atoms with Gasteiger partial charge in [-0.2, -0.15) is 0 Å². The molecule has 0 saturated carbocycles. The van der Waals surface area contributed by atoms with E-state index < -0.39 is 5.97 Å². The van der Waals surface area contributed by atoms with Crippen LogP contribution in [0.15, 0.2) is 54.1 Å². The summed E-state index contributed by atoms with van der Waals surface area (Å²) in [7, 11) is 1.98. The fourth-order valence-electron chi connectivity index (χ4n) is 3.14. The highest BCUT2D eigenvalue weighted by Crippen LogP contribution is 2.25. The van der Waals surface area contributed by atoms with Crippen molar-refractivity contribution in [2.45, 2.75) is 46.0 Å². The Bertz CT molecular complexity index is 875. The first-order valence-electron chi connectivity index (χ1n) is 10.6. The normalized spacial score (nSPS) is 11.2. The third-order valence-electron chi connectivity index (χ3n) is 5.06. The maximum absolute atomic E-state index is 11.0. The summed E-state index contributed by atoms with van der Waals surface area (Å²) in [6.07, 6.45) is 7.88. The molecule has 30 heavy (non-hydrogen) atoms. The fraction of sp³-hybridized carbons (Fsp3) is 0.360. The minimum absolute atomic E-state index is 0.317. The van der Waals surface area contributed by atoms with Gasteiger partial charge in [-0.25, -0.2) is 4.79 Å². The fourth-order valence-corrected chi connectivity index (χ4v) is 3.34. The van der Waals surface area contributed by atoms with E-state index >= 15 is 0 Å². The van der Waals surface area contributed by atoms with Crippen LogP contribution in [0, 0.1) is 0 Å². The quantitative estimate of drug-likeness (QED) is 0.273. The third kappa shape index (κ3) is 7.30. The minimum Gasteiger partial charge on any atom is -0.478 e. The summed E-state index contributed by atoms with van der Waals surface area (Å²) < 4.78 is 0. The van der Waals surface area contributed by atoms with E-state index in [-0.39, 0.29) is 0 Å². The second kappa shape index (κ2) is 12.1. The Morgan fingerprint density at radius 2 is 1.77 bits per heavy atom. The molecule has 0 spiro atoms. The van der Waals surface area contributed by atoms with E-state index in [0.29, 0.717) is 5.57 Å². The standard InChI is InChI=1S/C25H32N2O2S/c1-4-5-6-7-8-16-26-25(30)27(3)23-11-9-10-22(18-23)21-14-12-20(13-15-21)17-19(2)24(28)29/h9-15,17-18H,4-8,16H2,1-3H3,(H,26,30)(H,28,29). The molecule has 2 aromatic rings. The van der Waals surface area contributed by atoms with Crippen LogP contribution >= 0.6 is 12.2 Å². The summed E-state index contributed by atoms with van der Waals surface area (Å²) in [4.78, 5) is 13.0. The van der Waals surface area contributed by atoms with Crippen molar-refractivity contribution in [3.8, 4) is 11.1 Å². The molecule has 0 radical (unpaired) electrons. The molecule has 4 nitrogen and oxygen atoms in total. The van der Waals surface area contributed by atoms with Crippen molar-refractivity contribution in [1.82, 2.24) is 5.32 Å². The van der Waals surface area contributed by atoms with E-state index in [4.69, 9.17) is 17.3 Å². The predicted octanol–water partition coefficient (Wildman–Crippen LogP) is 6.12. The van der Waals surface area contributed by atoms with Gasteiger partial charge in [-0.15, -0.1) is 0 Å². The van der Waals surface area contributed by atoms with Crippen LogP contribution in [-0.4, -0.2) is 29.8 Å². The van der Waals surface area contributed by atoms with Crippen molar-refractivity contribution in [2.24, 2.45) is 0 Å². The zero-order chi connectivity index (χ0) is 21.9. The average molecular weight is 425 g/mol. The molecule has 0 unspecified atom stereocenters. The summed E-state index contributed by atoms with van der Waals surface area (Å²) in [6, 6.07) is 16.1. The van der Waals surface area contributed by atoms with Crippen molar-refractivity contribution < 1.29 is 9.90 Å². The van der Waals surface area contributed by atoms with Gasteiger partial charge in [0.2, 0.25) is 0 Å². The largest absolute Gasteiger partial charge is 0.478 e. The molecule has 0 aliphatic rings. The summed E-state index contributed by atoms with van der Waals surface area (Å²) in [5.41, 5.74) is 4.38. The van der Waals surface area contributed by atoms with Gasteiger partial charge in [-0.1, -0.05) is 69.0 Å². The molecule has 0 aliphatic heterocycles. The molecular weight excluding hydrogens is 392 g/mol. The summed E-state index contributed by atoms with van der Waals surface area (Å²) in [6.45, 7) is 4.72. The number of carbonyl (C=O) groups is 1. The van der Waals surface area contributed by atoms with Gasteiger partial charge >= 0.3 is 5.97 Å². The lowest BCUT2D eigenvalue weighted by Crippen LogP contribution is -2.37. The minimum atomic E-state index is -0.902. The van der Waals surface area contributed by atoms with Crippen LogP contribution in [0.1, 0.15) is 51.5 Å². The number of thiocarbonyl (C=S) groups is 1. The second-order valence-corrected chi connectivity index (χ2v) is 7.90. The van der Waals surface area contributed by atoms with Crippen molar-refractivity contribution >= 4 is 35.1 Å². The maximum atomic E-state index is 11.0. The molecular formula is C25H32N2O2S. The molecule has 0 heterocycles. The first-order chi connectivity index (χ1) is 14.4. The van der Waals surface area contributed by atoms with Gasteiger partial charge in [-0.3, -0.25) is 0 Å². The number of nitrogens with one attached hydrogen (secondary N) is 1. The lowest BCUT2D eigenvalue weighted by atomic mass is 10.0. The molecule has 160 valence electrons. The Labute approximate surface area is 185 Å². The number of benzene rings is 2. The van der Waals surface area contributed by atoms with Gasteiger partial charge in [0.25, 0.3) is 0 Å². The molecule has 2 N–H and O–H groups in total. The molecule has 0 bridgehead atoms. The van der Waals surface area contributed by atoms with E-state index in [1.165, 1.54) is 25.7 Å². The van der Waals surface area contributed by atoms with Crippen molar-refractivity contribution in [1.29, 1.82) is 0 Å². The van der Waals surface area contributed by atoms with Crippen LogP contribution in [0.3, 0.4) is 0 Å². The highest BCUT2D eigenvalue weighted by atomic mass is 32.1. The van der Waals surface area contributed by atoms with Gasteiger partial charge in [0.15, 0.2) is 5.11 Å². The van der Waals surface area contributed by atoms with Crippen molar-refractivity contribution in [3.05, 3.63) is 59.7 Å². The highest BCUT2D eigenvalue weighted by molar-refractivity contribution is 7.80. The number of rotatable bonds is 10. The molecule has 0 fully saturated rings. The Hall–Kier alpha value is -2.66. The number of hydrogen-bond donors (Lipinski definition) is 2. The molecule has 0 amide bonds. The Morgan fingerprint density at radius 1 is 1.07 bits per heavy atom. The number of unbranched alkanes of at least 4 members (excludes halogenated alkanes) is 4. The number of hydrogen-bond acceptors (Lipinski definition) is 2. The number of carboxylic acids is 1. The van der Waals surface area contributed by atoms with Crippen LogP contribution in [-0.2, 0) is 4.79 Å². The molecule has 0 atom stereocenters. The molecule has 2 rings (SSSR count). The Morgan fingerprint density at radius 3 is 2.43 bits per heavy atom. The lowest BCUT2D eigenvalue weighted by molar-refractivity contribution is -0.132. The van der Waals surface area contributed by atoms with E-state index in [0.717, 1.165) is 40.5 Å². The average Bonchev–Trinajstić information content (AvgIpc) is 2.76. The molecule has 0 saturated heterocycles. The zero-order valence-corrected chi connectivity index (χ0v) is 19.0. The monoisotopic (exact) mass is 424 g/mol. The van der Waals surface area contributed by atoms with Crippen LogP contribution < -0.4 is 10.2 Å². The molecule has 5 heteroatoms. The lowest BCUT2D eigenvalue weighted by Gasteiger charge is -2.22. The molecule has 0 aliphatic carbocycles. The number of nitrogens with zero attached hydrogens (tertiary/aromatic N) is 1. The van der Waals surface area contributed by atoms with Crippen LogP contribution in [0.2, 0.25) is 0 Å². The molecule has 2 aromatic carbocycles. The van der Waals surface area contributed by atoms with Gasteiger partial charge in [0.1, 0.15) is 0 Å². The van der Waals surface area contributed by atoms with E-state index in [1.807, 2.05) is 48.3 Å². The summed E-state index contributed by atoms with van der Waals surface area (Å²) >= 11 is 5.56. The van der Waals surface area contributed by atoms with Crippen molar-refractivity contribution in [2.75, 3.05) is 18.5 Å². The first-order valence-corrected chi connectivity index (χ1v) is 11.0. The summed E-state index contributed by atoms with van der Waals surface area (Å²) in [5, 5.41) is 13.1. The zero-order valence-electron chi connectivity index (χ0n) is 18.1. The topological polar surface area (TPSA) is 52.6 Å². The smallest absolute Gasteiger partial charge is 0.331 e. The van der Waals surface area contributed by atoms with E-state index in [9.17, 15) is 4.79 Å². The first kappa shape index (κ1) is 23.6. The number of anilines is 1. The number of aliphatic carboxylic acids is 1. The van der Waals surface area contributed by atoms with Gasteiger partial charge in [0.05, 0.1) is 0 Å². The predicted molar refractivity (Wildman–Crippen MR) is 131 cm³/mol. The van der Waals surface area contributed by atoms with Gasteiger partial charge in [-0.05, 0) is 60.5 Å². The molecule has 0 aromatic heterocycles. The van der Waals surface area contributed by atoms with Crippen LogP contribution in [0.5, 0.6) is 0 Å². The third-order valence-corrected chi connectivity index (χ3v) is 5.48. The van der Waals surface area contributed by atoms with Gasteiger partial charge < -0.3 is 15.3 Å². The van der Waals surface area contributed by atoms with E-state index in [1.54, 1.807) is 13.0 Å². The maximum Gasteiger partial charge on any atom is 0.331 e. The second-order valence-electron chi connectivity index (χ2n) is 7.51. The number of carboxylic acid groups (broad SMARTS) is 1. The summed E-state index contributed by atoms with van der Waals surface area (Å²) in [5.74, 6) is -0.902. The Balaban J connectivity index is 2.00. The highest BCUT2D eigenvalue weighted by Gasteiger charge is 2.08. The van der Waals surface area contributed by atoms with Gasteiger partial charge in [0, 0.05) is 24.9 Å². The van der Waals surface area contributed by atoms with E-state index in [2.05, 4.69) is 24.4 Å². The Kier molecular flexibility index (Phi) is 9.55.